The van der Waals surface area contributed by atoms with Crippen LogP contribution in [-0.2, 0) is 11.2 Å². The summed E-state index contributed by atoms with van der Waals surface area (Å²) in [6, 6.07) is 4.62. The Bertz CT molecular complexity index is 588. The fraction of sp³-hybridized carbons (Fsp3) is 0.0909. The molecule has 4 nitrogen and oxygen atoms in total. The molecule has 0 atom stereocenters. The molecule has 18 heavy (non-hydrogen) atoms. The Morgan fingerprint density at radius 1 is 1.56 bits per heavy atom. The lowest BCUT2D eigenvalue weighted by Crippen LogP contribution is -2.00. The van der Waals surface area contributed by atoms with Gasteiger partial charge in [-0.2, -0.15) is 0 Å². The van der Waals surface area contributed by atoms with E-state index in [9.17, 15) is 9.18 Å². The monoisotopic (exact) mass is 330 g/mol. The van der Waals surface area contributed by atoms with Crippen molar-refractivity contribution in [2.75, 3.05) is 5.32 Å². The molecule has 94 valence electrons. The number of rotatable bonds is 4. The summed E-state index contributed by atoms with van der Waals surface area (Å²) in [7, 11) is 0. The third-order valence-electron chi connectivity index (χ3n) is 2.05. The van der Waals surface area contributed by atoms with Gasteiger partial charge in [0, 0.05) is 11.1 Å². The zero-order valence-electron chi connectivity index (χ0n) is 8.98. The lowest BCUT2D eigenvalue weighted by atomic mass is 10.3. The fourth-order valence-corrected chi connectivity index (χ4v) is 2.27. The molecular weight excluding hydrogens is 323 g/mol. The highest BCUT2D eigenvalue weighted by Gasteiger charge is 2.07. The van der Waals surface area contributed by atoms with Crippen molar-refractivity contribution in [3.63, 3.8) is 0 Å². The number of carboxylic acid groups (broad SMARTS) is 1. The average molecular weight is 331 g/mol. The predicted octanol–water partition coefficient (Wildman–Crippen LogP) is 3.42. The zero-order valence-corrected chi connectivity index (χ0v) is 11.4. The van der Waals surface area contributed by atoms with Crippen molar-refractivity contribution in [2.45, 2.75) is 6.42 Å². The first-order valence-corrected chi connectivity index (χ1v) is 6.60. The van der Waals surface area contributed by atoms with Crippen LogP contribution in [0, 0.1) is 5.82 Å². The second kappa shape index (κ2) is 5.45. The molecule has 1 aromatic heterocycles. The number of halogens is 2. The summed E-state index contributed by atoms with van der Waals surface area (Å²) in [5, 5.41) is 13.7. The number of nitrogens with one attached hydrogen (secondary N) is 1. The molecule has 0 radical (unpaired) electrons. The van der Waals surface area contributed by atoms with Crippen LogP contribution in [0.4, 0.5) is 15.2 Å². The number of aromatic nitrogens is 1. The van der Waals surface area contributed by atoms with E-state index < -0.39 is 5.97 Å². The molecule has 2 aromatic rings. The minimum atomic E-state index is -0.929. The lowest BCUT2D eigenvalue weighted by molar-refractivity contribution is -0.136. The maximum atomic E-state index is 13.3. The van der Waals surface area contributed by atoms with E-state index in [0.717, 1.165) is 0 Å². The maximum absolute atomic E-state index is 13.3. The van der Waals surface area contributed by atoms with Gasteiger partial charge < -0.3 is 10.4 Å². The van der Waals surface area contributed by atoms with E-state index in [1.807, 2.05) is 0 Å². The number of benzene rings is 1. The maximum Gasteiger partial charge on any atom is 0.309 e. The summed E-state index contributed by atoms with van der Waals surface area (Å²) in [6.07, 6.45) is -0.118. The van der Waals surface area contributed by atoms with Crippen LogP contribution in [0.5, 0.6) is 0 Å². The predicted molar refractivity (Wildman–Crippen MR) is 70.8 cm³/mol. The van der Waals surface area contributed by atoms with Gasteiger partial charge in [0.25, 0.3) is 0 Å². The molecule has 0 saturated heterocycles. The number of nitrogens with zero attached hydrogens (tertiary/aromatic N) is 1. The topological polar surface area (TPSA) is 62.2 Å². The van der Waals surface area contributed by atoms with Crippen LogP contribution in [0.25, 0.3) is 0 Å². The summed E-state index contributed by atoms with van der Waals surface area (Å²) in [6.45, 7) is 0. The van der Waals surface area contributed by atoms with Crippen LogP contribution in [0.2, 0.25) is 0 Å². The standard InChI is InChI=1S/C11H8BrFN2O2S/c12-8-2-1-6(3-9(8)13)14-11-15-7(5-18-11)4-10(16)17/h1-3,5H,4H2,(H,14,15)(H,16,17). The summed E-state index contributed by atoms with van der Waals surface area (Å²) < 4.78 is 13.7. The Labute approximate surface area is 115 Å². The molecule has 0 spiro atoms. The van der Waals surface area contributed by atoms with Crippen molar-refractivity contribution in [3.05, 3.63) is 39.6 Å². The van der Waals surface area contributed by atoms with Gasteiger partial charge in [-0.1, -0.05) is 0 Å². The Balaban J connectivity index is 2.11. The number of aliphatic carboxylic acids is 1. The molecular formula is C11H8BrFN2O2S. The number of carbonyl (C=O) groups is 1. The van der Waals surface area contributed by atoms with Crippen LogP contribution in [0.3, 0.4) is 0 Å². The van der Waals surface area contributed by atoms with E-state index in [4.69, 9.17) is 5.11 Å². The number of hydrogen-bond acceptors (Lipinski definition) is 4. The van der Waals surface area contributed by atoms with Crippen molar-refractivity contribution in [3.8, 4) is 0 Å². The molecule has 0 aliphatic heterocycles. The number of hydrogen-bond donors (Lipinski definition) is 2. The second-order valence-corrected chi connectivity index (χ2v) is 5.18. The molecule has 0 fully saturated rings. The van der Waals surface area contributed by atoms with Crippen molar-refractivity contribution in [2.24, 2.45) is 0 Å². The summed E-state index contributed by atoms with van der Waals surface area (Å²) in [5.41, 5.74) is 1.04. The van der Waals surface area contributed by atoms with Gasteiger partial charge >= 0.3 is 5.97 Å². The van der Waals surface area contributed by atoms with E-state index in [2.05, 4.69) is 26.2 Å². The van der Waals surface area contributed by atoms with Crippen LogP contribution in [-0.4, -0.2) is 16.1 Å². The molecule has 0 aliphatic rings. The number of carboxylic acids is 1. The lowest BCUT2D eigenvalue weighted by Gasteiger charge is -2.03. The van der Waals surface area contributed by atoms with Gasteiger partial charge in [-0.05, 0) is 34.1 Å². The van der Waals surface area contributed by atoms with Crippen molar-refractivity contribution in [1.29, 1.82) is 0 Å². The van der Waals surface area contributed by atoms with E-state index in [1.54, 1.807) is 17.5 Å². The van der Waals surface area contributed by atoms with Gasteiger partial charge in [0.15, 0.2) is 5.13 Å². The van der Waals surface area contributed by atoms with Gasteiger partial charge in [-0.3, -0.25) is 4.79 Å². The first-order chi connectivity index (χ1) is 8.54. The van der Waals surface area contributed by atoms with Gasteiger partial charge in [0.2, 0.25) is 0 Å². The SMILES string of the molecule is O=C(O)Cc1csc(Nc2ccc(Br)c(F)c2)n1. The molecule has 0 unspecified atom stereocenters. The molecule has 2 rings (SSSR count). The Morgan fingerprint density at radius 3 is 3.00 bits per heavy atom. The van der Waals surface area contributed by atoms with Gasteiger partial charge in [-0.15, -0.1) is 11.3 Å². The van der Waals surface area contributed by atoms with Crippen molar-refractivity contribution < 1.29 is 14.3 Å². The van der Waals surface area contributed by atoms with E-state index in [1.165, 1.54) is 17.4 Å². The van der Waals surface area contributed by atoms with E-state index in [0.29, 0.717) is 21.0 Å². The molecule has 1 heterocycles. The van der Waals surface area contributed by atoms with Gasteiger partial charge in [0.1, 0.15) is 5.82 Å². The first kappa shape index (κ1) is 13.0. The molecule has 2 N–H and O–H groups in total. The Kier molecular flexibility index (Phi) is 3.93. The average Bonchev–Trinajstić information content (AvgIpc) is 2.70. The minimum absolute atomic E-state index is 0.118. The summed E-state index contributed by atoms with van der Waals surface area (Å²) in [5.74, 6) is -1.30. The molecule has 0 saturated carbocycles. The molecule has 0 bridgehead atoms. The number of anilines is 2. The Morgan fingerprint density at radius 2 is 2.33 bits per heavy atom. The first-order valence-electron chi connectivity index (χ1n) is 4.93. The van der Waals surface area contributed by atoms with Crippen molar-refractivity contribution in [1.82, 2.24) is 4.98 Å². The molecule has 1 aromatic carbocycles. The van der Waals surface area contributed by atoms with Crippen LogP contribution in [0.15, 0.2) is 28.1 Å². The molecule has 0 aliphatic carbocycles. The van der Waals surface area contributed by atoms with Gasteiger partial charge in [0.05, 0.1) is 16.6 Å². The van der Waals surface area contributed by atoms with E-state index in [-0.39, 0.29) is 12.2 Å². The molecule has 7 heteroatoms. The van der Waals surface area contributed by atoms with Crippen LogP contribution < -0.4 is 5.32 Å². The normalized spacial score (nSPS) is 10.3. The van der Waals surface area contributed by atoms with Crippen molar-refractivity contribution >= 4 is 44.1 Å². The minimum Gasteiger partial charge on any atom is -0.481 e. The second-order valence-electron chi connectivity index (χ2n) is 3.47. The van der Waals surface area contributed by atoms with E-state index >= 15 is 0 Å². The largest absolute Gasteiger partial charge is 0.481 e. The number of thiazole rings is 1. The highest BCUT2D eigenvalue weighted by Crippen LogP contribution is 2.24. The zero-order chi connectivity index (χ0) is 13.1. The third-order valence-corrected chi connectivity index (χ3v) is 3.50. The Hall–Kier alpha value is -1.47. The van der Waals surface area contributed by atoms with Crippen LogP contribution >= 0.6 is 27.3 Å². The highest BCUT2D eigenvalue weighted by molar-refractivity contribution is 9.10. The quantitative estimate of drug-likeness (QED) is 0.901. The van der Waals surface area contributed by atoms with Gasteiger partial charge in [-0.25, -0.2) is 9.37 Å². The third kappa shape index (κ3) is 3.27. The summed E-state index contributed by atoms with van der Waals surface area (Å²) >= 11 is 4.34. The van der Waals surface area contributed by atoms with Crippen LogP contribution in [0.1, 0.15) is 5.69 Å². The fourth-order valence-electron chi connectivity index (χ4n) is 1.30. The summed E-state index contributed by atoms with van der Waals surface area (Å²) in [4.78, 5) is 14.6. The highest BCUT2D eigenvalue weighted by atomic mass is 79.9. The smallest absolute Gasteiger partial charge is 0.309 e. The molecule has 0 amide bonds.